The Morgan fingerprint density at radius 1 is 1.41 bits per heavy atom. The molecule has 1 aromatic rings. The van der Waals surface area contributed by atoms with Crippen LogP contribution in [-0.4, -0.2) is 5.78 Å². The highest BCUT2D eigenvalue weighted by molar-refractivity contribution is 5.75. The lowest BCUT2D eigenvalue weighted by molar-refractivity contribution is -0.117. The summed E-state index contributed by atoms with van der Waals surface area (Å²) in [5, 5.41) is 0. The van der Waals surface area contributed by atoms with E-state index in [1.165, 1.54) is 30.4 Å². The van der Waals surface area contributed by atoms with Crippen LogP contribution in [0, 0.1) is 5.92 Å². The van der Waals surface area contributed by atoms with Crippen molar-refractivity contribution in [1.82, 2.24) is 0 Å². The minimum absolute atomic E-state index is 0.321. The molecule has 0 amide bonds. The Hall–Kier alpha value is -1.11. The van der Waals surface area contributed by atoms with Gasteiger partial charge in [0, 0.05) is 6.42 Å². The normalized spacial score (nSPS) is 20.7. The number of aryl methyl sites for hydroxylation is 1. The summed E-state index contributed by atoms with van der Waals surface area (Å²) >= 11 is 0. The molecular weight excluding hydrogens is 208 g/mol. The van der Waals surface area contributed by atoms with Gasteiger partial charge >= 0.3 is 0 Å². The quantitative estimate of drug-likeness (QED) is 0.760. The Bertz CT molecular complexity index is 394. The van der Waals surface area contributed by atoms with Crippen molar-refractivity contribution in [1.29, 1.82) is 0 Å². The van der Waals surface area contributed by atoms with E-state index in [-0.39, 0.29) is 0 Å². The van der Waals surface area contributed by atoms with Gasteiger partial charge in [0.2, 0.25) is 0 Å². The summed E-state index contributed by atoms with van der Waals surface area (Å²) in [4.78, 5) is 11.1. The fraction of sp³-hybridized carbons (Fsp3) is 0.562. The fourth-order valence-corrected chi connectivity index (χ4v) is 3.16. The van der Waals surface area contributed by atoms with Crippen LogP contribution in [0.4, 0.5) is 0 Å². The zero-order valence-corrected chi connectivity index (χ0v) is 10.9. The van der Waals surface area contributed by atoms with Crippen molar-refractivity contribution in [2.45, 2.75) is 51.9 Å². The maximum atomic E-state index is 11.1. The number of rotatable bonds is 4. The highest BCUT2D eigenvalue weighted by atomic mass is 16.1. The van der Waals surface area contributed by atoms with Gasteiger partial charge in [-0.15, -0.1) is 0 Å². The molecule has 0 saturated heterocycles. The summed E-state index contributed by atoms with van der Waals surface area (Å²) in [7, 11) is 0. The van der Waals surface area contributed by atoms with E-state index in [1.807, 2.05) is 0 Å². The molecule has 0 aromatic heterocycles. The highest BCUT2D eigenvalue weighted by Crippen LogP contribution is 2.36. The predicted molar refractivity (Wildman–Crippen MR) is 71.2 cm³/mol. The first-order valence-corrected chi connectivity index (χ1v) is 6.74. The molecule has 0 spiro atoms. The van der Waals surface area contributed by atoms with Gasteiger partial charge in [0.15, 0.2) is 0 Å². The number of carbonyl (C=O) groups excluding carboxylic acids is 1. The Balaban J connectivity index is 2.05. The third-order valence-electron chi connectivity index (χ3n) is 3.82. The fourth-order valence-electron chi connectivity index (χ4n) is 3.16. The van der Waals surface area contributed by atoms with E-state index in [9.17, 15) is 4.79 Å². The maximum absolute atomic E-state index is 11.1. The van der Waals surface area contributed by atoms with Crippen molar-refractivity contribution in [2.24, 2.45) is 5.92 Å². The van der Waals surface area contributed by atoms with Gasteiger partial charge in [0.25, 0.3) is 0 Å². The average Bonchev–Trinajstić information content (AvgIpc) is 2.28. The van der Waals surface area contributed by atoms with Crippen molar-refractivity contribution >= 4 is 5.78 Å². The summed E-state index contributed by atoms with van der Waals surface area (Å²) in [6.07, 6.45) is 5.72. The van der Waals surface area contributed by atoms with E-state index >= 15 is 0 Å². The molecule has 2 rings (SSSR count). The van der Waals surface area contributed by atoms with Crippen LogP contribution in [0.3, 0.4) is 0 Å². The van der Waals surface area contributed by atoms with Crippen LogP contribution in [-0.2, 0) is 11.2 Å². The van der Waals surface area contributed by atoms with Crippen molar-refractivity contribution in [3.63, 3.8) is 0 Å². The van der Waals surface area contributed by atoms with E-state index < -0.39 is 0 Å². The summed E-state index contributed by atoms with van der Waals surface area (Å²) in [5.74, 6) is 1.51. The van der Waals surface area contributed by atoms with Crippen LogP contribution < -0.4 is 0 Å². The van der Waals surface area contributed by atoms with Crippen molar-refractivity contribution < 1.29 is 4.79 Å². The molecule has 0 N–H and O–H groups in total. The summed E-state index contributed by atoms with van der Waals surface area (Å²) in [5.41, 5.74) is 3.06. The third kappa shape index (κ3) is 3.18. The lowest BCUT2D eigenvalue weighted by Crippen LogP contribution is -2.14. The molecule has 0 fully saturated rings. The molecule has 92 valence electrons. The van der Waals surface area contributed by atoms with Gasteiger partial charge in [0.1, 0.15) is 5.78 Å². The first kappa shape index (κ1) is 12.3. The van der Waals surface area contributed by atoms with Crippen LogP contribution in [0.1, 0.15) is 56.6 Å². The molecule has 0 bridgehead atoms. The smallest absolute Gasteiger partial charge is 0.130 e. The van der Waals surface area contributed by atoms with Crippen LogP contribution >= 0.6 is 0 Å². The average molecular weight is 230 g/mol. The molecule has 1 heteroatoms. The topological polar surface area (TPSA) is 17.1 Å². The van der Waals surface area contributed by atoms with Gasteiger partial charge in [0.05, 0.1) is 0 Å². The Morgan fingerprint density at radius 3 is 2.94 bits per heavy atom. The van der Waals surface area contributed by atoms with E-state index in [2.05, 4.69) is 31.2 Å². The van der Waals surface area contributed by atoms with Crippen LogP contribution in [0.2, 0.25) is 0 Å². The van der Waals surface area contributed by atoms with Gasteiger partial charge in [-0.25, -0.2) is 0 Å². The van der Waals surface area contributed by atoms with Crippen molar-refractivity contribution in [3.8, 4) is 0 Å². The number of Topliss-reactive ketones (excluding diaryl/α,β-unsaturated/α-hetero) is 1. The molecule has 17 heavy (non-hydrogen) atoms. The summed E-state index contributed by atoms with van der Waals surface area (Å²) in [6.45, 7) is 3.91. The zero-order chi connectivity index (χ0) is 12.3. The van der Waals surface area contributed by atoms with Crippen molar-refractivity contribution in [2.75, 3.05) is 0 Å². The number of hydrogen-bond acceptors (Lipinski definition) is 1. The van der Waals surface area contributed by atoms with E-state index in [4.69, 9.17) is 0 Å². The van der Waals surface area contributed by atoms with Gasteiger partial charge < -0.3 is 4.79 Å². The van der Waals surface area contributed by atoms with Gasteiger partial charge in [-0.1, -0.05) is 31.2 Å². The van der Waals surface area contributed by atoms with Gasteiger partial charge in [-0.05, 0) is 55.6 Å². The van der Waals surface area contributed by atoms with E-state index in [0.29, 0.717) is 17.6 Å². The molecule has 0 saturated carbocycles. The molecule has 2 unspecified atom stereocenters. The van der Waals surface area contributed by atoms with Crippen molar-refractivity contribution in [3.05, 3.63) is 35.4 Å². The highest BCUT2D eigenvalue weighted by Gasteiger charge is 2.21. The third-order valence-corrected chi connectivity index (χ3v) is 3.82. The van der Waals surface area contributed by atoms with Gasteiger partial charge in [-0.3, -0.25) is 0 Å². The molecule has 0 heterocycles. The molecule has 1 nitrogen and oxygen atoms in total. The molecule has 1 aromatic carbocycles. The molecule has 0 aliphatic heterocycles. The Kier molecular flexibility index (Phi) is 3.98. The largest absolute Gasteiger partial charge is 0.300 e. The first-order chi connectivity index (χ1) is 8.16. The Morgan fingerprint density at radius 2 is 2.18 bits per heavy atom. The lowest BCUT2D eigenvalue weighted by atomic mass is 9.78. The monoisotopic (exact) mass is 230 g/mol. The molecule has 1 aliphatic rings. The SMILES string of the molecule is CC(=O)CC(C)CC1CCCc2ccccc21. The summed E-state index contributed by atoms with van der Waals surface area (Å²) < 4.78 is 0. The van der Waals surface area contributed by atoms with Gasteiger partial charge in [-0.2, -0.15) is 0 Å². The molecular formula is C16H22O. The molecule has 2 atom stereocenters. The number of fused-ring (bicyclic) bond motifs is 1. The maximum Gasteiger partial charge on any atom is 0.130 e. The summed E-state index contributed by atoms with van der Waals surface area (Å²) in [6, 6.07) is 8.82. The lowest BCUT2D eigenvalue weighted by Gasteiger charge is -2.27. The number of hydrogen-bond donors (Lipinski definition) is 0. The minimum atomic E-state index is 0.321. The number of carbonyl (C=O) groups is 1. The second-order valence-corrected chi connectivity index (χ2v) is 5.53. The van der Waals surface area contributed by atoms with E-state index in [0.717, 1.165) is 12.8 Å². The minimum Gasteiger partial charge on any atom is -0.300 e. The zero-order valence-electron chi connectivity index (χ0n) is 10.9. The van der Waals surface area contributed by atoms with Crippen LogP contribution in [0.25, 0.3) is 0 Å². The van der Waals surface area contributed by atoms with Crippen LogP contribution in [0.15, 0.2) is 24.3 Å². The molecule has 0 radical (unpaired) electrons. The molecule has 1 aliphatic carbocycles. The Labute approximate surface area is 104 Å². The van der Waals surface area contributed by atoms with E-state index in [1.54, 1.807) is 6.92 Å². The second-order valence-electron chi connectivity index (χ2n) is 5.53. The first-order valence-electron chi connectivity index (χ1n) is 6.74. The second kappa shape index (κ2) is 5.48. The van der Waals surface area contributed by atoms with Crippen LogP contribution in [0.5, 0.6) is 0 Å². The number of ketones is 1. The standard InChI is InChI=1S/C16H22O/c1-12(10-13(2)17)11-15-8-5-7-14-6-3-4-9-16(14)15/h3-4,6,9,12,15H,5,7-8,10-11H2,1-2H3. The predicted octanol–water partition coefficient (Wildman–Crippen LogP) is 4.11. The number of benzene rings is 1.